The van der Waals surface area contributed by atoms with Gasteiger partial charge in [0, 0.05) is 0 Å². The molecule has 8 heteroatoms. The molecule has 0 aliphatic heterocycles. The molecule has 0 aliphatic rings. The molecule has 0 rings (SSSR count). The standard InChI is InChI=1S/C4H10O7S/c5-1-3(6)4(7)2-11-12(8,9)10/h3-7H,1-2H2,(H,8,9,10)/t3-,4+/m1/s1. The Morgan fingerprint density at radius 1 is 1.25 bits per heavy atom. The van der Waals surface area contributed by atoms with Gasteiger partial charge in [0.2, 0.25) is 0 Å². The number of aliphatic hydroxyl groups excluding tert-OH is 3. The van der Waals surface area contributed by atoms with Crippen molar-refractivity contribution < 1.29 is 32.5 Å². The van der Waals surface area contributed by atoms with Crippen molar-refractivity contribution in [2.24, 2.45) is 0 Å². The minimum absolute atomic E-state index is 0.726. The van der Waals surface area contributed by atoms with Crippen LogP contribution < -0.4 is 0 Å². The van der Waals surface area contributed by atoms with E-state index in [1.807, 2.05) is 0 Å². The lowest BCUT2D eigenvalue weighted by Gasteiger charge is -2.13. The van der Waals surface area contributed by atoms with E-state index in [2.05, 4.69) is 4.18 Å². The van der Waals surface area contributed by atoms with Crippen molar-refractivity contribution in [3.8, 4) is 0 Å². The molecule has 0 spiro atoms. The second kappa shape index (κ2) is 4.70. The van der Waals surface area contributed by atoms with Gasteiger partial charge in [0.25, 0.3) is 0 Å². The Bertz CT molecular complexity index is 209. The zero-order valence-electron chi connectivity index (χ0n) is 5.99. The van der Waals surface area contributed by atoms with Crippen LogP contribution in [0.3, 0.4) is 0 Å². The molecule has 0 saturated heterocycles. The largest absolute Gasteiger partial charge is 0.397 e. The van der Waals surface area contributed by atoms with Crippen molar-refractivity contribution in [2.45, 2.75) is 12.2 Å². The van der Waals surface area contributed by atoms with Gasteiger partial charge in [0.05, 0.1) is 13.2 Å². The summed E-state index contributed by atoms with van der Waals surface area (Å²) < 4.78 is 31.6. The quantitative estimate of drug-likeness (QED) is 0.364. The van der Waals surface area contributed by atoms with Gasteiger partial charge in [-0.05, 0) is 0 Å². The number of hydrogen-bond donors (Lipinski definition) is 4. The van der Waals surface area contributed by atoms with E-state index in [-0.39, 0.29) is 0 Å². The smallest absolute Gasteiger partial charge is 0.394 e. The lowest BCUT2D eigenvalue weighted by molar-refractivity contribution is -0.0344. The van der Waals surface area contributed by atoms with Crippen LogP contribution in [-0.4, -0.2) is 53.7 Å². The summed E-state index contributed by atoms with van der Waals surface area (Å²) in [6.07, 6.45) is -3.05. The van der Waals surface area contributed by atoms with Gasteiger partial charge in [-0.3, -0.25) is 4.55 Å². The molecule has 74 valence electrons. The first-order valence-electron chi connectivity index (χ1n) is 2.95. The Morgan fingerprint density at radius 2 is 1.75 bits per heavy atom. The van der Waals surface area contributed by atoms with E-state index in [1.54, 1.807) is 0 Å². The normalized spacial score (nSPS) is 17.3. The summed E-state index contributed by atoms with van der Waals surface area (Å²) in [7, 11) is -4.61. The van der Waals surface area contributed by atoms with Crippen molar-refractivity contribution >= 4 is 10.4 Å². The van der Waals surface area contributed by atoms with E-state index in [1.165, 1.54) is 0 Å². The third-order valence-electron chi connectivity index (χ3n) is 1.02. The van der Waals surface area contributed by atoms with Crippen molar-refractivity contribution in [1.29, 1.82) is 0 Å². The third-order valence-corrected chi connectivity index (χ3v) is 1.45. The Morgan fingerprint density at radius 3 is 2.08 bits per heavy atom. The van der Waals surface area contributed by atoms with Crippen LogP contribution in [0.2, 0.25) is 0 Å². The molecule has 7 nitrogen and oxygen atoms in total. The zero-order valence-corrected chi connectivity index (χ0v) is 6.81. The molecule has 0 fully saturated rings. The molecular weight excluding hydrogens is 192 g/mol. The van der Waals surface area contributed by atoms with Crippen molar-refractivity contribution in [2.75, 3.05) is 13.2 Å². The molecule has 0 aromatic rings. The molecule has 2 atom stereocenters. The fourth-order valence-electron chi connectivity index (χ4n) is 0.388. The predicted octanol–water partition coefficient (Wildman–Crippen LogP) is -2.48. The van der Waals surface area contributed by atoms with Gasteiger partial charge in [0.15, 0.2) is 0 Å². The number of aliphatic hydroxyl groups is 3. The van der Waals surface area contributed by atoms with Crippen molar-refractivity contribution in [3.05, 3.63) is 0 Å². The summed E-state index contributed by atoms with van der Waals surface area (Å²) in [5.41, 5.74) is 0. The Kier molecular flexibility index (Phi) is 4.60. The average Bonchev–Trinajstić information content (AvgIpc) is 1.97. The minimum atomic E-state index is -4.61. The molecule has 4 N–H and O–H groups in total. The van der Waals surface area contributed by atoms with Crippen molar-refractivity contribution in [1.82, 2.24) is 0 Å². The minimum Gasteiger partial charge on any atom is -0.394 e. The maximum absolute atomic E-state index is 9.92. The first kappa shape index (κ1) is 11.8. The van der Waals surface area contributed by atoms with Gasteiger partial charge >= 0.3 is 10.4 Å². The fraction of sp³-hybridized carbons (Fsp3) is 1.00. The first-order chi connectivity index (χ1) is 5.37. The SMILES string of the molecule is O=S(=O)(O)OC[C@H](O)[C@H](O)CO. The molecular formula is C4H10O7S. The van der Waals surface area contributed by atoms with E-state index < -0.39 is 35.8 Å². The topological polar surface area (TPSA) is 124 Å². The number of hydrogen-bond acceptors (Lipinski definition) is 6. The predicted molar refractivity (Wildman–Crippen MR) is 36.6 cm³/mol. The van der Waals surface area contributed by atoms with Crippen LogP contribution >= 0.6 is 0 Å². The molecule has 0 radical (unpaired) electrons. The molecule has 0 unspecified atom stereocenters. The fourth-order valence-corrected chi connectivity index (χ4v) is 0.700. The lowest BCUT2D eigenvalue weighted by Crippen LogP contribution is -2.34. The molecule has 0 aromatic heterocycles. The van der Waals surface area contributed by atoms with Crippen molar-refractivity contribution in [3.63, 3.8) is 0 Å². The van der Waals surface area contributed by atoms with E-state index in [0.717, 1.165) is 0 Å². The molecule has 0 saturated carbocycles. The molecule has 12 heavy (non-hydrogen) atoms. The average molecular weight is 202 g/mol. The van der Waals surface area contributed by atoms with Crippen LogP contribution in [-0.2, 0) is 14.6 Å². The highest BCUT2D eigenvalue weighted by molar-refractivity contribution is 7.80. The summed E-state index contributed by atoms with van der Waals surface area (Å²) >= 11 is 0. The van der Waals surface area contributed by atoms with Gasteiger partial charge in [-0.25, -0.2) is 4.18 Å². The molecule has 0 bridgehead atoms. The van der Waals surface area contributed by atoms with Crippen LogP contribution in [0.5, 0.6) is 0 Å². The summed E-state index contributed by atoms with van der Waals surface area (Å²) in [6.45, 7) is -1.53. The Labute approximate surface area is 69.2 Å². The number of rotatable bonds is 5. The van der Waals surface area contributed by atoms with Gasteiger partial charge in [-0.15, -0.1) is 0 Å². The van der Waals surface area contributed by atoms with Gasteiger partial charge < -0.3 is 15.3 Å². The van der Waals surface area contributed by atoms with Crippen LogP contribution in [0.4, 0.5) is 0 Å². The highest BCUT2D eigenvalue weighted by Gasteiger charge is 2.18. The maximum Gasteiger partial charge on any atom is 0.397 e. The second-order valence-electron chi connectivity index (χ2n) is 2.03. The Balaban J connectivity index is 3.79. The third kappa shape index (κ3) is 5.41. The molecule has 0 amide bonds. The molecule has 0 heterocycles. The summed E-state index contributed by atoms with van der Waals surface area (Å²) in [5, 5.41) is 25.7. The van der Waals surface area contributed by atoms with Crippen LogP contribution in [0.15, 0.2) is 0 Å². The van der Waals surface area contributed by atoms with Gasteiger partial charge in [0.1, 0.15) is 12.2 Å². The monoisotopic (exact) mass is 202 g/mol. The summed E-state index contributed by atoms with van der Waals surface area (Å²) in [5.74, 6) is 0. The zero-order chi connectivity index (χ0) is 9.78. The van der Waals surface area contributed by atoms with E-state index in [0.29, 0.717) is 0 Å². The highest BCUT2D eigenvalue weighted by atomic mass is 32.3. The van der Waals surface area contributed by atoms with E-state index in [4.69, 9.17) is 19.9 Å². The maximum atomic E-state index is 9.92. The highest BCUT2D eigenvalue weighted by Crippen LogP contribution is 1.96. The molecule has 0 aliphatic carbocycles. The Hall–Kier alpha value is -0.250. The molecule has 0 aromatic carbocycles. The summed E-state index contributed by atoms with van der Waals surface area (Å²) in [4.78, 5) is 0. The van der Waals surface area contributed by atoms with Crippen LogP contribution in [0.25, 0.3) is 0 Å². The van der Waals surface area contributed by atoms with E-state index >= 15 is 0 Å². The van der Waals surface area contributed by atoms with Gasteiger partial charge in [-0.1, -0.05) is 0 Å². The van der Waals surface area contributed by atoms with Gasteiger partial charge in [-0.2, -0.15) is 8.42 Å². The second-order valence-corrected chi connectivity index (χ2v) is 3.12. The first-order valence-corrected chi connectivity index (χ1v) is 4.32. The van der Waals surface area contributed by atoms with E-state index in [9.17, 15) is 8.42 Å². The summed E-state index contributed by atoms with van der Waals surface area (Å²) in [6, 6.07) is 0. The van der Waals surface area contributed by atoms with Crippen LogP contribution in [0, 0.1) is 0 Å². The lowest BCUT2D eigenvalue weighted by atomic mass is 10.2. The van der Waals surface area contributed by atoms with Crippen LogP contribution in [0.1, 0.15) is 0 Å².